The van der Waals surface area contributed by atoms with E-state index in [1.807, 2.05) is 36.7 Å². The van der Waals surface area contributed by atoms with Gasteiger partial charge in [-0.05, 0) is 57.6 Å². The van der Waals surface area contributed by atoms with Crippen molar-refractivity contribution in [2.24, 2.45) is 0 Å². The fraction of sp³-hybridized carbons (Fsp3) is 0.536. The third kappa shape index (κ3) is 4.73. The van der Waals surface area contributed by atoms with Gasteiger partial charge in [0.1, 0.15) is 17.4 Å². The zero-order valence-electron chi connectivity index (χ0n) is 22.0. The average Bonchev–Trinajstić information content (AvgIpc) is 3.55. The maximum atomic E-state index is 13.7. The maximum Gasteiger partial charge on any atom is 0.257 e. The van der Waals surface area contributed by atoms with Crippen molar-refractivity contribution in [3.8, 4) is 5.75 Å². The van der Waals surface area contributed by atoms with E-state index >= 15 is 0 Å². The van der Waals surface area contributed by atoms with Gasteiger partial charge in [-0.3, -0.25) is 4.79 Å². The zero-order chi connectivity index (χ0) is 25.2. The SMILES string of the molecule is CCC1c2cc3nc(N4CCCC4)cc(n3n2)N(C)CCCCCOc2ccc(C)cc2C(=O)N1C. The van der Waals surface area contributed by atoms with Crippen LogP contribution < -0.4 is 14.5 Å². The number of carbonyl (C=O) groups excluding carboxylic acids is 1. The Bertz CT molecular complexity index is 1230. The number of carbonyl (C=O) groups is 1. The molecule has 0 spiro atoms. The first-order valence-corrected chi connectivity index (χ1v) is 13.3. The van der Waals surface area contributed by atoms with E-state index in [-0.39, 0.29) is 11.9 Å². The van der Waals surface area contributed by atoms with E-state index in [1.165, 1.54) is 12.8 Å². The minimum absolute atomic E-state index is 0.0484. The number of rotatable bonds is 2. The topological polar surface area (TPSA) is 66.2 Å². The van der Waals surface area contributed by atoms with Crippen LogP contribution in [-0.2, 0) is 0 Å². The summed E-state index contributed by atoms with van der Waals surface area (Å²) >= 11 is 0. The molecule has 2 aromatic heterocycles. The van der Waals surface area contributed by atoms with Crippen molar-refractivity contribution in [2.75, 3.05) is 50.1 Å². The molecule has 1 saturated heterocycles. The molecule has 1 amide bonds. The highest BCUT2D eigenvalue weighted by molar-refractivity contribution is 5.97. The Morgan fingerprint density at radius 1 is 1.00 bits per heavy atom. The molecular weight excluding hydrogens is 452 g/mol. The summed E-state index contributed by atoms with van der Waals surface area (Å²) in [6.07, 6.45) is 6.20. The summed E-state index contributed by atoms with van der Waals surface area (Å²) in [5, 5.41) is 5.02. The van der Waals surface area contributed by atoms with Crippen LogP contribution in [0.5, 0.6) is 5.75 Å². The largest absolute Gasteiger partial charge is 0.493 e. The summed E-state index contributed by atoms with van der Waals surface area (Å²) in [6.45, 7) is 7.72. The first-order chi connectivity index (χ1) is 17.5. The van der Waals surface area contributed by atoms with Crippen LogP contribution in [0.15, 0.2) is 30.3 Å². The molecular formula is C28H38N6O2. The highest BCUT2D eigenvalue weighted by Crippen LogP contribution is 2.31. The van der Waals surface area contributed by atoms with Crippen LogP contribution in [0.2, 0.25) is 0 Å². The molecule has 2 bridgehead atoms. The van der Waals surface area contributed by atoms with Crippen molar-refractivity contribution in [1.29, 1.82) is 0 Å². The van der Waals surface area contributed by atoms with Gasteiger partial charge < -0.3 is 19.4 Å². The smallest absolute Gasteiger partial charge is 0.257 e. The average molecular weight is 491 g/mol. The van der Waals surface area contributed by atoms with E-state index in [0.29, 0.717) is 17.9 Å². The summed E-state index contributed by atoms with van der Waals surface area (Å²) in [4.78, 5) is 25.2. The Kier molecular flexibility index (Phi) is 7.03. The molecule has 0 aliphatic carbocycles. The molecule has 1 atom stereocenters. The Hall–Kier alpha value is -3.29. The van der Waals surface area contributed by atoms with Gasteiger partial charge in [-0.15, -0.1) is 0 Å². The molecule has 4 heterocycles. The van der Waals surface area contributed by atoms with Gasteiger partial charge >= 0.3 is 0 Å². The zero-order valence-corrected chi connectivity index (χ0v) is 22.0. The fourth-order valence-electron chi connectivity index (χ4n) is 5.38. The van der Waals surface area contributed by atoms with Crippen LogP contribution in [0.25, 0.3) is 5.65 Å². The number of aryl methyl sites for hydroxylation is 1. The van der Waals surface area contributed by atoms with E-state index in [1.54, 1.807) is 4.90 Å². The number of hydrogen-bond acceptors (Lipinski definition) is 6. The molecule has 2 aliphatic heterocycles. The molecule has 0 radical (unpaired) electrons. The lowest BCUT2D eigenvalue weighted by molar-refractivity contribution is 0.0718. The quantitative estimate of drug-likeness (QED) is 0.511. The third-order valence-electron chi connectivity index (χ3n) is 7.51. The number of ether oxygens (including phenoxy) is 1. The van der Waals surface area contributed by atoms with Gasteiger partial charge in [-0.2, -0.15) is 9.61 Å². The van der Waals surface area contributed by atoms with Gasteiger partial charge in [-0.25, -0.2) is 4.98 Å². The van der Waals surface area contributed by atoms with Gasteiger partial charge in [0.2, 0.25) is 0 Å². The Labute approximate surface area is 213 Å². The van der Waals surface area contributed by atoms with Crippen molar-refractivity contribution in [3.05, 3.63) is 47.2 Å². The second kappa shape index (κ2) is 10.4. The number of benzene rings is 1. The van der Waals surface area contributed by atoms with Crippen molar-refractivity contribution in [3.63, 3.8) is 0 Å². The van der Waals surface area contributed by atoms with Crippen LogP contribution in [0.1, 0.15) is 73.1 Å². The molecule has 0 N–H and O–H groups in total. The summed E-state index contributed by atoms with van der Waals surface area (Å²) in [5.74, 6) is 2.67. The van der Waals surface area contributed by atoms with Crippen molar-refractivity contribution in [2.45, 2.75) is 58.4 Å². The maximum absolute atomic E-state index is 13.7. The first-order valence-electron chi connectivity index (χ1n) is 13.3. The minimum atomic E-state index is -0.172. The minimum Gasteiger partial charge on any atom is -0.493 e. The number of fused-ring (bicyclic) bond motifs is 2. The highest BCUT2D eigenvalue weighted by Gasteiger charge is 2.27. The summed E-state index contributed by atoms with van der Waals surface area (Å²) < 4.78 is 8.07. The molecule has 1 fully saturated rings. The van der Waals surface area contributed by atoms with E-state index in [9.17, 15) is 4.79 Å². The second-order valence-corrected chi connectivity index (χ2v) is 10.2. The molecule has 2 aliphatic rings. The van der Waals surface area contributed by atoms with Crippen LogP contribution in [-0.4, -0.2) is 65.7 Å². The highest BCUT2D eigenvalue weighted by atomic mass is 16.5. The lowest BCUT2D eigenvalue weighted by Crippen LogP contribution is -2.32. The Morgan fingerprint density at radius 2 is 1.78 bits per heavy atom. The van der Waals surface area contributed by atoms with Crippen LogP contribution >= 0.6 is 0 Å². The number of nitrogens with zero attached hydrogens (tertiary/aromatic N) is 6. The van der Waals surface area contributed by atoms with Crippen LogP contribution in [0.3, 0.4) is 0 Å². The second-order valence-electron chi connectivity index (χ2n) is 10.2. The van der Waals surface area contributed by atoms with Gasteiger partial charge in [0.15, 0.2) is 5.65 Å². The standard InChI is InChI=1S/C28H38N6O2/c1-5-23-22-18-26-29-25(33-14-8-9-15-33)19-27(34(26)30-22)31(3)13-7-6-10-16-36-24-12-11-20(2)17-21(24)28(35)32(23)4/h11-12,17-19,23H,5-10,13-16H2,1-4H3. The number of aromatic nitrogens is 3. The lowest BCUT2D eigenvalue weighted by Gasteiger charge is -2.27. The van der Waals surface area contributed by atoms with Gasteiger partial charge in [0.25, 0.3) is 5.91 Å². The van der Waals surface area contributed by atoms with Crippen LogP contribution in [0, 0.1) is 6.92 Å². The predicted octanol–water partition coefficient (Wildman–Crippen LogP) is 4.86. The summed E-state index contributed by atoms with van der Waals surface area (Å²) in [6, 6.07) is 9.93. The molecule has 8 heteroatoms. The molecule has 1 aromatic carbocycles. The van der Waals surface area contributed by atoms with Crippen molar-refractivity contribution >= 4 is 23.2 Å². The number of hydrogen-bond donors (Lipinski definition) is 0. The van der Waals surface area contributed by atoms with Gasteiger partial charge in [-0.1, -0.05) is 18.6 Å². The molecule has 3 aromatic rings. The first kappa shape index (κ1) is 24.4. The normalized spacial score (nSPS) is 19.7. The summed E-state index contributed by atoms with van der Waals surface area (Å²) in [5.41, 5.74) is 3.35. The summed E-state index contributed by atoms with van der Waals surface area (Å²) in [7, 11) is 4.00. The molecule has 5 rings (SSSR count). The molecule has 0 saturated carbocycles. The van der Waals surface area contributed by atoms with Gasteiger partial charge in [0, 0.05) is 45.9 Å². The van der Waals surface area contributed by atoms with Gasteiger partial charge in [0.05, 0.1) is 23.9 Å². The predicted molar refractivity (Wildman–Crippen MR) is 143 cm³/mol. The molecule has 36 heavy (non-hydrogen) atoms. The van der Waals surface area contributed by atoms with E-state index < -0.39 is 0 Å². The molecule has 192 valence electrons. The number of anilines is 2. The Balaban J connectivity index is 1.60. The molecule has 1 unspecified atom stereocenters. The monoisotopic (exact) mass is 490 g/mol. The van der Waals surface area contributed by atoms with Crippen molar-refractivity contribution < 1.29 is 9.53 Å². The third-order valence-corrected chi connectivity index (χ3v) is 7.51. The lowest BCUT2D eigenvalue weighted by atomic mass is 10.1. The molecule has 8 nitrogen and oxygen atoms in total. The van der Waals surface area contributed by atoms with E-state index in [4.69, 9.17) is 14.8 Å². The fourth-order valence-corrected chi connectivity index (χ4v) is 5.38. The van der Waals surface area contributed by atoms with E-state index in [0.717, 1.165) is 73.9 Å². The van der Waals surface area contributed by atoms with Crippen LogP contribution in [0.4, 0.5) is 11.6 Å². The number of amides is 1. The Morgan fingerprint density at radius 3 is 2.56 bits per heavy atom. The van der Waals surface area contributed by atoms with Crippen molar-refractivity contribution in [1.82, 2.24) is 19.5 Å². The van der Waals surface area contributed by atoms with E-state index in [2.05, 4.69) is 35.9 Å².